The molecule has 0 aliphatic rings. The predicted molar refractivity (Wildman–Crippen MR) is 107 cm³/mol. The summed E-state index contributed by atoms with van der Waals surface area (Å²) in [4.78, 5) is 8.86. The first-order valence-electron chi connectivity index (χ1n) is 9.50. The highest BCUT2D eigenvalue weighted by Gasteiger charge is 2.15. The van der Waals surface area contributed by atoms with E-state index in [0.717, 1.165) is 9.32 Å². The highest BCUT2D eigenvalue weighted by molar-refractivity contribution is 5.38. The van der Waals surface area contributed by atoms with Crippen molar-refractivity contribution in [1.82, 2.24) is 0 Å². The predicted octanol–water partition coefficient (Wildman–Crippen LogP) is -1.29. The minimum Gasteiger partial charge on any atom is -0.497 e. The fourth-order valence-corrected chi connectivity index (χ4v) is 3.88. The van der Waals surface area contributed by atoms with Crippen molar-refractivity contribution in [3.63, 3.8) is 0 Å². The number of benzene rings is 2. The molecule has 2 aromatic carbocycles. The molecule has 0 radical (unpaired) electrons. The molecule has 0 atom stereocenters. The van der Waals surface area contributed by atoms with Crippen molar-refractivity contribution in [2.45, 2.75) is 0 Å². The number of methoxy groups -OCH3 is 1. The van der Waals surface area contributed by atoms with E-state index >= 15 is 0 Å². The van der Waals surface area contributed by atoms with Gasteiger partial charge in [0, 0.05) is 93.3 Å². The Morgan fingerprint density at radius 1 is 0.500 bits per heavy atom. The summed E-state index contributed by atoms with van der Waals surface area (Å²) < 4.78 is 7.49. The number of hydrogen-bond acceptors (Lipinski definition) is 18. The van der Waals surface area contributed by atoms with Gasteiger partial charge in [0.2, 0.25) is 0 Å². The van der Waals surface area contributed by atoms with Gasteiger partial charge >= 0.3 is 21.2 Å². The average Bonchev–Trinajstić information content (AvgIpc) is 2.99. The summed E-state index contributed by atoms with van der Waals surface area (Å²) in [5, 5.41) is 56.7. The molecule has 40 heavy (non-hydrogen) atoms. The lowest BCUT2D eigenvalue weighted by atomic mass is 10.3. The first-order chi connectivity index (χ1) is 19.8. The van der Waals surface area contributed by atoms with Gasteiger partial charge in [0.15, 0.2) is 19.0 Å². The Bertz CT molecular complexity index is 1180. The number of ether oxygens (including phenoxy) is 1. The third-order valence-electron chi connectivity index (χ3n) is 3.05. The SMILES string of the molecule is C#CC#CC#CC#COOOOOOOOOOOOOOOOOc1ccc([I+]c2ccc(OC)cc2)cc1. The van der Waals surface area contributed by atoms with Gasteiger partial charge < -0.3 is 9.62 Å². The molecule has 0 aromatic heterocycles. The molecule has 210 valence electrons. The number of terminal acetylenes is 1. The molecule has 2 aromatic rings. The largest absolute Gasteiger partial charge is 0.497 e. The van der Waals surface area contributed by atoms with E-state index in [0.29, 0.717) is 5.75 Å². The first kappa shape index (κ1) is 32.4. The Kier molecular flexibility index (Phi) is 18.7. The van der Waals surface area contributed by atoms with Crippen molar-refractivity contribution in [3.8, 4) is 59.6 Å². The standard InChI is InChI=1S/C21H12IO18/c1-3-4-5-6-7-8-17-24-26-28-30-32-34-36-38-40-39-37-35-33-31-29-27-25-21-15-11-19(12-16-21)22-18-9-13-20(23-2)14-10-18/h1,9-16H,2H3/q+1. The molecule has 0 aliphatic heterocycles. The summed E-state index contributed by atoms with van der Waals surface area (Å²) in [6.45, 7) is 0. The summed E-state index contributed by atoms with van der Waals surface area (Å²) in [5.74, 6) is 14.3. The molecule has 0 amide bonds. The van der Waals surface area contributed by atoms with E-state index in [4.69, 9.17) is 16.0 Å². The lowest BCUT2D eigenvalue weighted by molar-refractivity contribution is -0.885. The highest BCUT2D eigenvalue weighted by Crippen LogP contribution is 2.09. The van der Waals surface area contributed by atoms with Gasteiger partial charge in [-0.25, -0.2) is 4.89 Å². The third kappa shape index (κ3) is 16.9. The van der Waals surface area contributed by atoms with Gasteiger partial charge in [-0.15, -0.1) is 6.42 Å². The van der Waals surface area contributed by atoms with Crippen LogP contribution in [0.3, 0.4) is 0 Å². The van der Waals surface area contributed by atoms with Gasteiger partial charge in [0.1, 0.15) is 5.75 Å². The van der Waals surface area contributed by atoms with Gasteiger partial charge in [-0.2, -0.15) is 0 Å². The monoisotopic (exact) mass is 679 g/mol. The van der Waals surface area contributed by atoms with Gasteiger partial charge in [-0.3, -0.25) is 0 Å². The Labute approximate surface area is 233 Å². The quantitative estimate of drug-likeness (QED) is 0.0533. The first-order valence-corrected chi connectivity index (χ1v) is 11.7. The Morgan fingerprint density at radius 2 is 0.925 bits per heavy atom. The Morgan fingerprint density at radius 3 is 1.43 bits per heavy atom. The maximum atomic E-state index is 5.14. The van der Waals surface area contributed by atoms with Gasteiger partial charge in [0.25, 0.3) is 0 Å². The van der Waals surface area contributed by atoms with E-state index in [1.807, 2.05) is 48.4 Å². The van der Waals surface area contributed by atoms with E-state index in [1.54, 1.807) is 19.2 Å². The number of halogens is 1. The molecule has 0 spiro atoms. The van der Waals surface area contributed by atoms with Crippen LogP contribution in [0.25, 0.3) is 0 Å². The van der Waals surface area contributed by atoms with Gasteiger partial charge in [-0.1, -0.05) is 0 Å². The van der Waals surface area contributed by atoms with Crippen LogP contribution >= 0.6 is 0 Å². The summed E-state index contributed by atoms with van der Waals surface area (Å²) in [5.41, 5.74) is 0. The van der Waals surface area contributed by atoms with Crippen LogP contribution in [0.1, 0.15) is 0 Å². The van der Waals surface area contributed by atoms with Crippen LogP contribution in [0.2, 0.25) is 0 Å². The van der Waals surface area contributed by atoms with Crippen LogP contribution in [-0.2, 0) is 80.5 Å². The van der Waals surface area contributed by atoms with E-state index in [-0.39, 0.29) is 21.2 Å². The number of hydrogen-bond donors (Lipinski definition) is 0. The molecular weight excluding hydrogens is 667 g/mol. The lowest BCUT2D eigenvalue weighted by Crippen LogP contribution is -3.61. The summed E-state index contributed by atoms with van der Waals surface area (Å²) in [6, 6.07) is 14.9. The van der Waals surface area contributed by atoms with Crippen molar-refractivity contribution >= 4 is 0 Å². The van der Waals surface area contributed by atoms with Crippen LogP contribution in [0.5, 0.6) is 11.5 Å². The van der Waals surface area contributed by atoms with E-state index in [1.165, 1.54) is 3.57 Å². The van der Waals surface area contributed by atoms with E-state index in [9.17, 15) is 0 Å². The zero-order valence-electron chi connectivity index (χ0n) is 19.4. The molecule has 19 heteroatoms. The van der Waals surface area contributed by atoms with Crippen LogP contribution in [0, 0.1) is 55.2 Å². The molecule has 0 fully saturated rings. The Hall–Kier alpha value is -3.79. The van der Waals surface area contributed by atoms with Gasteiger partial charge in [-0.05, 0) is 66.3 Å². The molecular formula is C21H12IO18+. The second-order valence-electron chi connectivity index (χ2n) is 5.27. The summed E-state index contributed by atoms with van der Waals surface area (Å²) >= 11 is -0.384. The maximum Gasteiger partial charge on any atom is 0.357 e. The fourth-order valence-electron chi connectivity index (χ4n) is 1.72. The van der Waals surface area contributed by atoms with Crippen LogP contribution in [0.4, 0.5) is 0 Å². The van der Waals surface area contributed by atoms with Crippen molar-refractivity contribution < 1.29 is 111 Å². The molecule has 0 bridgehead atoms. The summed E-state index contributed by atoms with van der Waals surface area (Å²) in [6.07, 6.45) is 6.77. The van der Waals surface area contributed by atoms with Crippen molar-refractivity contribution in [3.05, 3.63) is 55.7 Å². The van der Waals surface area contributed by atoms with Crippen molar-refractivity contribution in [2.75, 3.05) is 7.11 Å². The van der Waals surface area contributed by atoms with E-state index < -0.39 is 0 Å². The van der Waals surface area contributed by atoms with Crippen LogP contribution < -0.4 is 30.8 Å². The smallest absolute Gasteiger partial charge is 0.357 e. The summed E-state index contributed by atoms with van der Waals surface area (Å²) in [7, 11) is 1.62. The maximum absolute atomic E-state index is 5.14. The number of rotatable bonds is 20. The fraction of sp³-hybridized carbons (Fsp3) is 0.0476. The lowest BCUT2D eigenvalue weighted by Gasteiger charge is -2.01. The van der Waals surface area contributed by atoms with Crippen LogP contribution in [0.15, 0.2) is 48.5 Å². The zero-order valence-corrected chi connectivity index (χ0v) is 21.6. The molecule has 2 rings (SSSR count). The molecule has 18 nitrogen and oxygen atoms in total. The molecule has 0 unspecified atom stereocenters. The Balaban J connectivity index is 1.33. The average molecular weight is 679 g/mol. The minimum absolute atomic E-state index is 0.306. The highest BCUT2D eigenvalue weighted by atomic mass is 127. The third-order valence-corrected chi connectivity index (χ3v) is 5.73. The molecule has 0 saturated heterocycles. The second kappa shape index (κ2) is 23.1. The zero-order chi connectivity index (χ0) is 28.4. The van der Waals surface area contributed by atoms with E-state index in [2.05, 4.69) is 110 Å². The second-order valence-corrected chi connectivity index (χ2v) is 8.30. The molecule has 0 saturated carbocycles. The topological polar surface area (TPSA) is 166 Å². The normalized spacial score (nSPS) is 9.60. The van der Waals surface area contributed by atoms with Gasteiger partial charge in [0.05, 0.1) is 7.11 Å². The van der Waals surface area contributed by atoms with Crippen molar-refractivity contribution in [2.24, 2.45) is 0 Å². The minimum atomic E-state index is -0.384. The molecule has 0 N–H and O–H groups in total. The molecule has 0 heterocycles. The van der Waals surface area contributed by atoms with Crippen molar-refractivity contribution in [1.29, 1.82) is 0 Å². The molecule has 0 aliphatic carbocycles. The van der Waals surface area contributed by atoms with Crippen LogP contribution in [-0.4, -0.2) is 7.11 Å².